The van der Waals surface area contributed by atoms with Gasteiger partial charge in [0.15, 0.2) is 0 Å². The van der Waals surface area contributed by atoms with Gasteiger partial charge >= 0.3 is 0 Å². The maximum Gasteiger partial charge on any atom is 0.229 e. The van der Waals surface area contributed by atoms with Gasteiger partial charge in [0.2, 0.25) is 11.8 Å². The Bertz CT molecular complexity index is 1270. The van der Waals surface area contributed by atoms with E-state index in [1.165, 1.54) is 5.56 Å². The Balaban J connectivity index is 1.06. The van der Waals surface area contributed by atoms with Gasteiger partial charge in [-0.2, -0.15) is 5.10 Å². The molecule has 3 aliphatic heterocycles. The van der Waals surface area contributed by atoms with Gasteiger partial charge in [-0.15, -0.1) is 0 Å². The summed E-state index contributed by atoms with van der Waals surface area (Å²) in [6.07, 6.45) is 7.10. The van der Waals surface area contributed by atoms with Crippen LogP contribution in [0.1, 0.15) is 49.7 Å². The number of hydrogen-bond donors (Lipinski definition) is 0. The number of amides is 2. The highest BCUT2D eigenvalue weighted by atomic mass is 16.2. The number of piperidine rings is 1. The molecule has 204 valence electrons. The lowest BCUT2D eigenvalue weighted by atomic mass is 9.76. The predicted molar refractivity (Wildman–Crippen MR) is 151 cm³/mol. The summed E-state index contributed by atoms with van der Waals surface area (Å²) >= 11 is 0. The quantitative estimate of drug-likeness (QED) is 0.461. The second-order valence-electron chi connectivity index (χ2n) is 11.6. The zero-order valence-corrected chi connectivity index (χ0v) is 22.9. The van der Waals surface area contributed by atoms with Crippen LogP contribution in [-0.2, 0) is 16.1 Å². The molecule has 2 atom stereocenters. The Morgan fingerprint density at radius 2 is 1.69 bits per heavy atom. The average Bonchev–Trinajstić information content (AvgIpc) is 3.73. The number of likely N-dealkylation sites (tertiary alicyclic amines) is 3. The van der Waals surface area contributed by atoms with Crippen LogP contribution in [0.25, 0.3) is 5.69 Å². The highest BCUT2D eigenvalue weighted by molar-refractivity contribution is 5.85. The van der Waals surface area contributed by atoms with E-state index in [4.69, 9.17) is 0 Å². The lowest BCUT2D eigenvalue weighted by molar-refractivity contribution is -0.139. The van der Waals surface area contributed by atoms with E-state index in [1.54, 1.807) is 6.20 Å². The second-order valence-corrected chi connectivity index (χ2v) is 11.6. The fourth-order valence-corrected chi connectivity index (χ4v) is 6.96. The molecule has 2 amide bonds. The van der Waals surface area contributed by atoms with E-state index in [1.807, 2.05) is 23.9 Å². The normalized spacial score (nSPS) is 23.2. The summed E-state index contributed by atoms with van der Waals surface area (Å²) < 4.78 is 1.85. The topological polar surface area (TPSA) is 61.7 Å². The first-order valence-electron chi connectivity index (χ1n) is 14.5. The molecule has 1 spiro atoms. The zero-order chi connectivity index (χ0) is 26.8. The van der Waals surface area contributed by atoms with Crippen LogP contribution in [0.5, 0.6) is 0 Å². The van der Waals surface area contributed by atoms with Crippen molar-refractivity contribution >= 4 is 11.8 Å². The molecular weight excluding hydrogens is 486 g/mol. The van der Waals surface area contributed by atoms with Crippen molar-refractivity contribution in [1.29, 1.82) is 0 Å². The number of nitrogens with zero attached hydrogens (tertiary/aromatic N) is 5. The van der Waals surface area contributed by atoms with Crippen LogP contribution in [0.15, 0.2) is 73.1 Å². The molecule has 7 heteroatoms. The van der Waals surface area contributed by atoms with Crippen LogP contribution in [-0.4, -0.2) is 75.6 Å². The molecule has 1 aromatic heterocycles. The monoisotopic (exact) mass is 525 g/mol. The largest absolute Gasteiger partial charge is 0.342 e. The number of benzene rings is 2. The van der Waals surface area contributed by atoms with Crippen molar-refractivity contribution in [2.75, 3.05) is 39.3 Å². The minimum absolute atomic E-state index is 0.204. The van der Waals surface area contributed by atoms with Gasteiger partial charge in [-0.05, 0) is 67.6 Å². The van der Waals surface area contributed by atoms with Gasteiger partial charge in [0.05, 0.1) is 11.1 Å². The van der Waals surface area contributed by atoms with Gasteiger partial charge in [0, 0.05) is 57.5 Å². The van der Waals surface area contributed by atoms with Crippen LogP contribution in [0.3, 0.4) is 0 Å². The van der Waals surface area contributed by atoms with Crippen molar-refractivity contribution in [3.63, 3.8) is 0 Å². The number of carbonyl (C=O) groups is 2. The first-order valence-corrected chi connectivity index (χ1v) is 14.5. The summed E-state index contributed by atoms with van der Waals surface area (Å²) in [6.45, 7) is 8.02. The van der Waals surface area contributed by atoms with E-state index in [9.17, 15) is 9.59 Å². The Hall–Kier alpha value is -3.45. The van der Waals surface area contributed by atoms with E-state index >= 15 is 0 Å². The van der Waals surface area contributed by atoms with Crippen molar-refractivity contribution in [3.05, 3.63) is 84.2 Å². The van der Waals surface area contributed by atoms with Gasteiger partial charge in [-0.25, -0.2) is 4.68 Å². The minimum Gasteiger partial charge on any atom is -0.342 e. The lowest BCUT2D eigenvalue weighted by Gasteiger charge is -2.39. The molecule has 0 bridgehead atoms. The maximum atomic E-state index is 13.6. The highest BCUT2D eigenvalue weighted by Crippen LogP contribution is 2.43. The van der Waals surface area contributed by atoms with Crippen molar-refractivity contribution < 1.29 is 9.59 Å². The number of hydrogen-bond acceptors (Lipinski definition) is 4. The second kappa shape index (κ2) is 11.0. The summed E-state index contributed by atoms with van der Waals surface area (Å²) in [5, 5.41) is 4.29. The molecule has 0 saturated carbocycles. The molecule has 3 aliphatic rings. The number of rotatable bonds is 7. The zero-order valence-electron chi connectivity index (χ0n) is 22.9. The molecule has 0 N–H and O–H groups in total. The Morgan fingerprint density at radius 3 is 2.38 bits per heavy atom. The van der Waals surface area contributed by atoms with E-state index in [0.29, 0.717) is 30.7 Å². The first-order chi connectivity index (χ1) is 19.0. The molecular formula is C32H39N5O2. The van der Waals surface area contributed by atoms with Gasteiger partial charge in [-0.1, -0.05) is 49.4 Å². The summed E-state index contributed by atoms with van der Waals surface area (Å²) in [7, 11) is 0. The average molecular weight is 526 g/mol. The third kappa shape index (κ3) is 5.24. The molecule has 3 aromatic rings. The fourth-order valence-electron chi connectivity index (χ4n) is 6.96. The van der Waals surface area contributed by atoms with E-state index < -0.39 is 0 Å². The molecule has 4 heterocycles. The molecule has 0 unspecified atom stereocenters. The van der Waals surface area contributed by atoms with Crippen LogP contribution >= 0.6 is 0 Å². The lowest BCUT2D eigenvalue weighted by Crippen LogP contribution is -2.46. The summed E-state index contributed by atoms with van der Waals surface area (Å²) in [6, 6.07) is 20.9. The summed E-state index contributed by atoms with van der Waals surface area (Å²) in [5.74, 6) is 1.39. The fraction of sp³-hybridized carbons (Fsp3) is 0.469. The third-order valence-electron chi connectivity index (χ3n) is 9.31. The predicted octanol–water partition coefficient (Wildman–Crippen LogP) is 4.34. The van der Waals surface area contributed by atoms with E-state index in [0.717, 1.165) is 69.8 Å². The molecule has 6 rings (SSSR count). The SMILES string of the molecule is CCC(=O)N1C[C@H](CN2CCC3(CC2)CCN(Cc2ccc(-n4cccn4)cc2)C3=O)[C@@H](c2ccccc2)C1. The number of aromatic nitrogens is 2. The smallest absolute Gasteiger partial charge is 0.229 e. The molecule has 0 aliphatic carbocycles. The van der Waals surface area contributed by atoms with Crippen LogP contribution in [0, 0.1) is 11.3 Å². The standard InChI is InChI=1S/C32H39N5O2/c1-2-30(38)36-23-27(29(24-36)26-7-4-3-5-8-26)22-34-18-13-32(14-19-34)15-20-35(31(32)39)21-25-9-11-28(12-10-25)37-17-6-16-33-37/h3-12,16-17,27,29H,2,13-15,18-24H2,1H3/t27-,29+/m0/s1. The molecule has 7 nitrogen and oxygen atoms in total. The van der Waals surface area contributed by atoms with E-state index in [-0.39, 0.29) is 11.3 Å². The highest BCUT2D eigenvalue weighted by Gasteiger charge is 2.48. The van der Waals surface area contributed by atoms with Gasteiger partial charge in [0.1, 0.15) is 0 Å². The first kappa shape index (κ1) is 25.8. The van der Waals surface area contributed by atoms with Crippen molar-refractivity contribution in [2.45, 2.75) is 45.1 Å². The minimum atomic E-state index is -0.204. The molecule has 3 saturated heterocycles. The number of carbonyl (C=O) groups excluding carboxylic acids is 2. The van der Waals surface area contributed by atoms with Gasteiger partial charge in [-0.3, -0.25) is 9.59 Å². The Labute approximate surface area is 231 Å². The van der Waals surface area contributed by atoms with Gasteiger partial charge < -0.3 is 14.7 Å². The molecule has 39 heavy (non-hydrogen) atoms. The summed E-state index contributed by atoms with van der Waals surface area (Å²) in [5.41, 5.74) is 3.32. The molecule has 0 radical (unpaired) electrons. The molecule has 2 aromatic carbocycles. The van der Waals surface area contributed by atoms with Crippen molar-refractivity contribution in [1.82, 2.24) is 24.5 Å². The van der Waals surface area contributed by atoms with E-state index in [2.05, 4.69) is 74.4 Å². The Morgan fingerprint density at radius 1 is 0.949 bits per heavy atom. The van der Waals surface area contributed by atoms with Crippen molar-refractivity contribution in [2.24, 2.45) is 11.3 Å². The van der Waals surface area contributed by atoms with Crippen LogP contribution in [0.4, 0.5) is 0 Å². The Kier molecular flexibility index (Phi) is 7.26. The third-order valence-corrected chi connectivity index (χ3v) is 9.31. The van der Waals surface area contributed by atoms with Gasteiger partial charge in [0.25, 0.3) is 0 Å². The van der Waals surface area contributed by atoms with Crippen LogP contribution < -0.4 is 0 Å². The maximum absolute atomic E-state index is 13.6. The molecule has 3 fully saturated rings. The summed E-state index contributed by atoms with van der Waals surface area (Å²) in [4.78, 5) is 32.8. The van der Waals surface area contributed by atoms with Crippen LogP contribution in [0.2, 0.25) is 0 Å². The van der Waals surface area contributed by atoms with Crippen molar-refractivity contribution in [3.8, 4) is 5.69 Å².